The van der Waals surface area contributed by atoms with Crippen molar-refractivity contribution in [1.82, 2.24) is 10.3 Å². The normalized spacial score (nSPS) is 17.1. The third-order valence-corrected chi connectivity index (χ3v) is 4.75. The van der Waals surface area contributed by atoms with Crippen LogP contribution in [0.25, 0.3) is 0 Å². The Morgan fingerprint density at radius 2 is 2.18 bits per heavy atom. The molecule has 1 saturated heterocycles. The Hall–Kier alpha value is -1.71. The number of hydrogen-bond donors (Lipinski definition) is 2. The second kappa shape index (κ2) is 7.03. The molecule has 0 aliphatic carbocycles. The van der Waals surface area contributed by atoms with E-state index in [1.165, 1.54) is 6.92 Å². The van der Waals surface area contributed by atoms with Crippen molar-refractivity contribution in [3.63, 3.8) is 0 Å². The first kappa shape index (κ1) is 16.7. The van der Waals surface area contributed by atoms with E-state index >= 15 is 0 Å². The molecule has 1 aliphatic heterocycles. The van der Waals surface area contributed by atoms with Gasteiger partial charge < -0.3 is 15.0 Å². The number of ether oxygens (including phenoxy) is 1. The molecule has 1 aromatic heterocycles. The Kier molecular flexibility index (Phi) is 5.33. The molecule has 122 valence electrons. The number of primary sulfonamides is 1. The fourth-order valence-electron chi connectivity index (χ4n) is 2.00. The zero-order chi connectivity index (χ0) is 16.2. The van der Waals surface area contributed by atoms with E-state index in [2.05, 4.69) is 15.2 Å². The van der Waals surface area contributed by atoms with Gasteiger partial charge in [0.2, 0.25) is 10.0 Å². The van der Waals surface area contributed by atoms with Crippen LogP contribution in [-0.4, -0.2) is 57.4 Å². The summed E-state index contributed by atoms with van der Waals surface area (Å²) in [5.41, 5.74) is 1.13. The van der Waals surface area contributed by atoms with Crippen LogP contribution in [0, 0.1) is 0 Å². The van der Waals surface area contributed by atoms with Gasteiger partial charge in [-0.15, -0.1) is 0 Å². The average molecular weight is 328 g/mol. The van der Waals surface area contributed by atoms with Gasteiger partial charge in [-0.2, -0.15) is 0 Å². The molecule has 22 heavy (non-hydrogen) atoms. The quantitative estimate of drug-likeness (QED) is 0.740. The van der Waals surface area contributed by atoms with Crippen molar-refractivity contribution >= 4 is 21.6 Å². The van der Waals surface area contributed by atoms with Crippen molar-refractivity contribution in [2.45, 2.75) is 12.2 Å². The number of sulfonamides is 1. The lowest BCUT2D eigenvalue weighted by atomic mass is 10.2. The summed E-state index contributed by atoms with van der Waals surface area (Å²) in [7, 11) is -3.66. The first-order valence-corrected chi connectivity index (χ1v) is 8.57. The molecule has 1 atom stereocenters. The van der Waals surface area contributed by atoms with E-state index in [1.54, 1.807) is 12.3 Å². The highest BCUT2D eigenvalue weighted by atomic mass is 32.2. The molecule has 2 rings (SSSR count). The van der Waals surface area contributed by atoms with Gasteiger partial charge in [-0.3, -0.25) is 9.78 Å². The van der Waals surface area contributed by atoms with E-state index in [1.807, 2.05) is 6.07 Å². The molecule has 0 bridgehead atoms. The minimum atomic E-state index is -3.66. The minimum Gasteiger partial charge on any atom is -0.378 e. The molecule has 8 nitrogen and oxygen atoms in total. The summed E-state index contributed by atoms with van der Waals surface area (Å²) in [5, 5.41) is 6.70. The highest BCUT2D eigenvalue weighted by Gasteiger charge is 2.18. The van der Waals surface area contributed by atoms with Gasteiger partial charge in [0.15, 0.2) is 0 Å². The number of carbonyl (C=O) groups is 1. The highest BCUT2D eigenvalue weighted by molar-refractivity contribution is 7.89. The van der Waals surface area contributed by atoms with Crippen molar-refractivity contribution in [2.75, 3.05) is 37.7 Å². The zero-order valence-corrected chi connectivity index (χ0v) is 13.2. The number of carbonyl (C=O) groups excluding carboxylic acids is 1. The molecule has 1 unspecified atom stereocenters. The topological polar surface area (TPSA) is 115 Å². The molecule has 3 N–H and O–H groups in total. The van der Waals surface area contributed by atoms with Crippen LogP contribution in [0.2, 0.25) is 0 Å². The number of amides is 1. The van der Waals surface area contributed by atoms with E-state index in [0.717, 1.165) is 18.8 Å². The van der Waals surface area contributed by atoms with Gasteiger partial charge in [-0.25, -0.2) is 13.6 Å². The largest absolute Gasteiger partial charge is 0.378 e. The molecule has 2 heterocycles. The predicted octanol–water partition coefficient (Wildman–Crippen LogP) is -0.675. The van der Waals surface area contributed by atoms with Crippen LogP contribution in [-0.2, 0) is 14.8 Å². The number of nitrogens with zero attached hydrogens (tertiary/aromatic N) is 2. The van der Waals surface area contributed by atoms with Crippen molar-refractivity contribution in [2.24, 2.45) is 5.14 Å². The number of rotatable bonds is 5. The molecule has 0 saturated carbocycles. The lowest BCUT2D eigenvalue weighted by Crippen LogP contribution is -2.38. The Balaban J connectivity index is 2.01. The Morgan fingerprint density at radius 1 is 1.50 bits per heavy atom. The molecule has 0 spiro atoms. The van der Waals surface area contributed by atoms with Crippen LogP contribution in [0.15, 0.2) is 18.3 Å². The Labute approximate surface area is 129 Å². The third-order valence-electron chi connectivity index (χ3n) is 3.46. The third kappa shape index (κ3) is 4.39. The fourth-order valence-corrected chi connectivity index (χ4v) is 2.32. The Morgan fingerprint density at radius 3 is 2.82 bits per heavy atom. The van der Waals surface area contributed by atoms with Crippen LogP contribution in [0.5, 0.6) is 0 Å². The van der Waals surface area contributed by atoms with Gasteiger partial charge in [0.1, 0.15) is 5.69 Å². The van der Waals surface area contributed by atoms with Crippen LogP contribution < -0.4 is 15.4 Å². The summed E-state index contributed by atoms with van der Waals surface area (Å²) in [6.45, 7) is 4.20. The molecule has 1 aromatic rings. The van der Waals surface area contributed by atoms with Gasteiger partial charge in [-0.1, -0.05) is 0 Å². The number of anilines is 1. The molecule has 0 radical (unpaired) electrons. The molecule has 1 fully saturated rings. The number of hydrogen-bond acceptors (Lipinski definition) is 6. The second-order valence-electron chi connectivity index (χ2n) is 5.11. The monoisotopic (exact) mass is 328 g/mol. The fraction of sp³-hybridized carbons (Fsp3) is 0.538. The van der Waals surface area contributed by atoms with Crippen molar-refractivity contribution in [1.29, 1.82) is 0 Å². The average Bonchev–Trinajstić information content (AvgIpc) is 2.52. The standard InChI is InChI=1S/C13H20N4O4S/c1-10(22(14,19)20)9-16-13(18)12-8-11(2-3-15-12)17-4-6-21-7-5-17/h2-3,8,10H,4-7,9H2,1H3,(H,16,18)(H2,14,19,20). The summed E-state index contributed by atoms with van der Waals surface area (Å²) < 4.78 is 27.6. The number of nitrogens with two attached hydrogens (primary N) is 1. The summed E-state index contributed by atoms with van der Waals surface area (Å²) in [4.78, 5) is 18.2. The first-order chi connectivity index (χ1) is 10.4. The van der Waals surface area contributed by atoms with E-state index < -0.39 is 21.2 Å². The van der Waals surface area contributed by atoms with Crippen LogP contribution >= 0.6 is 0 Å². The molecule has 0 aromatic carbocycles. The van der Waals surface area contributed by atoms with Crippen molar-refractivity contribution in [3.8, 4) is 0 Å². The maximum atomic E-state index is 12.1. The SMILES string of the molecule is CC(CNC(=O)c1cc(N2CCOCC2)ccn1)S(N)(=O)=O. The maximum absolute atomic E-state index is 12.1. The first-order valence-electron chi connectivity index (χ1n) is 6.96. The zero-order valence-electron chi connectivity index (χ0n) is 12.4. The number of nitrogens with one attached hydrogen (secondary N) is 1. The minimum absolute atomic E-state index is 0.0544. The predicted molar refractivity (Wildman–Crippen MR) is 82.2 cm³/mol. The molecule has 1 aliphatic rings. The highest BCUT2D eigenvalue weighted by Crippen LogP contribution is 2.16. The lowest BCUT2D eigenvalue weighted by molar-refractivity contribution is 0.0949. The van der Waals surface area contributed by atoms with E-state index in [9.17, 15) is 13.2 Å². The summed E-state index contributed by atoms with van der Waals surface area (Å²) in [6, 6.07) is 3.51. The van der Waals surface area contributed by atoms with E-state index in [4.69, 9.17) is 9.88 Å². The number of aromatic nitrogens is 1. The Bertz CT molecular complexity index is 629. The lowest BCUT2D eigenvalue weighted by Gasteiger charge is -2.28. The number of morpholine rings is 1. The van der Waals surface area contributed by atoms with Gasteiger partial charge in [0, 0.05) is 31.5 Å². The smallest absolute Gasteiger partial charge is 0.269 e. The van der Waals surface area contributed by atoms with Crippen LogP contribution in [0.4, 0.5) is 5.69 Å². The summed E-state index contributed by atoms with van der Waals surface area (Å²) in [5.74, 6) is -0.425. The summed E-state index contributed by atoms with van der Waals surface area (Å²) in [6.07, 6.45) is 1.56. The van der Waals surface area contributed by atoms with Crippen LogP contribution in [0.1, 0.15) is 17.4 Å². The van der Waals surface area contributed by atoms with Crippen molar-refractivity contribution in [3.05, 3.63) is 24.0 Å². The van der Waals surface area contributed by atoms with Gasteiger partial charge >= 0.3 is 0 Å². The van der Waals surface area contributed by atoms with Gasteiger partial charge in [-0.05, 0) is 19.1 Å². The summed E-state index contributed by atoms with van der Waals surface area (Å²) >= 11 is 0. The van der Waals surface area contributed by atoms with Crippen molar-refractivity contribution < 1.29 is 17.9 Å². The molecular formula is C13H20N4O4S. The van der Waals surface area contributed by atoms with Gasteiger partial charge in [0.25, 0.3) is 5.91 Å². The maximum Gasteiger partial charge on any atom is 0.269 e. The molecule has 1 amide bonds. The van der Waals surface area contributed by atoms with E-state index in [0.29, 0.717) is 13.2 Å². The molecule has 9 heteroatoms. The van der Waals surface area contributed by atoms with Crippen LogP contribution in [0.3, 0.4) is 0 Å². The van der Waals surface area contributed by atoms with Gasteiger partial charge in [0.05, 0.1) is 18.5 Å². The molecular weight excluding hydrogens is 308 g/mol. The number of pyridine rings is 1. The van der Waals surface area contributed by atoms with E-state index in [-0.39, 0.29) is 12.2 Å². The second-order valence-corrected chi connectivity index (χ2v) is 7.09.